The van der Waals surface area contributed by atoms with Crippen molar-refractivity contribution in [3.63, 3.8) is 0 Å². The number of esters is 3. The summed E-state index contributed by atoms with van der Waals surface area (Å²) < 4.78 is 16.7. The van der Waals surface area contributed by atoms with Crippen molar-refractivity contribution >= 4 is 17.9 Å². The average Bonchev–Trinajstić information content (AvgIpc) is 3.24. The summed E-state index contributed by atoms with van der Waals surface area (Å²) in [7, 11) is 0. The fraction of sp³-hybridized carbons (Fsp3) is 0.722. The largest absolute Gasteiger partial charge is 0.462 e. The van der Waals surface area contributed by atoms with Crippen molar-refractivity contribution in [2.75, 3.05) is 13.2 Å². The molecule has 0 rings (SSSR count). The quantitative estimate of drug-likeness (QED) is 0.0263. The van der Waals surface area contributed by atoms with Gasteiger partial charge in [-0.15, -0.1) is 0 Å². The van der Waals surface area contributed by atoms with Crippen molar-refractivity contribution in [3.8, 4) is 0 Å². The summed E-state index contributed by atoms with van der Waals surface area (Å²) in [6, 6.07) is 0. The van der Waals surface area contributed by atoms with Gasteiger partial charge in [0, 0.05) is 19.3 Å². The van der Waals surface area contributed by atoms with E-state index in [1.165, 1.54) is 96.3 Å². The van der Waals surface area contributed by atoms with Gasteiger partial charge in [-0.1, -0.05) is 190 Å². The van der Waals surface area contributed by atoms with Crippen LogP contribution in [0, 0.1) is 0 Å². The maximum absolute atomic E-state index is 12.7. The Bertz CT molecular complexity index is 1140. The first-order valence-electron chi connectivity index (χ1n) is 24.9. The van der Waals surface area contributed by atoms with Crippen LogP contribution in [0.5, 0.6) is 0 Å². The zero-order chi connectivity index (χ0) is 43.7. The van der Waals surface area contributed by atoms with E-state index in [9.17, 15) is 14.4 Å². The highest BCUT2D eigenvalue weighted by atomic mass is 16.6. The molecule has 0 bridgehead atoms. The topological polar surface area (TPSA) is 78.9 Å². The lowest BCUT2D eigenvalue weighted by Crippen LogP contribution is -2.30. The van der Waals surface area contributed by atoms with Crippen molar-refractivity contribution in [2.45, 2.75) is 239 Å². The van der Waals surface area contributed by atoms with Crippen molar-refractivity contribution in [2.24, 2.45) is 0 Å². The summed E-state index contributed by atoms with van der Waals surface area (Å²) >= 11 is 0. The second-order valence-corrected chi connectivity index (χ2v) is 16.4. The minimum Gasteiger partial charge on any atom is -0.462 e. The van der Waals surface area contributed by atoms with Crippen molar-refractivity contribution in [1.82, 2.24) is 0 Å². The Labute approximate surface area is 370 Å². The normalized spacial score (nSPS) is 12.7. The fourth-order valence-corrected chi connectivity index (χ4v) is 6.63. The van der Waals surface area contributed by atoms with Crippen LogP contribution in [0.15, 0.2) is 72.9 Å². The molecule has 0 aromatic heterocycles. The Hall–Kier alpha value is -3.15. The Morgan fingerprint density at radius 3 is 1.00 bits per heavy atom. The van der Waals surface area contributed by atoms with E-state index >= 15 is 0 Å². The Balaban J connectivity index is 4.47. The lowest BCUT2D eigenvalue weighted by molar-refractivity contribution is -0.167. The maximum Gasteiger partial charge on any atom is 0.306 e. The number of rotatable bonds is 44. The zero-order valence-corrected chi connectivity index (χ0v) is 39.2. The van der Waals surface area contributed by atoms with E-state index in [4.69, 9.17) is 14.2 Å². The molecule has 1 atom stereocenters. The minimum absolute atomic E-state index is 0.0972. The first kappa shape index (κ1) is 56.9. The molecule has 344 valence electrons. The minimum atomic E-state index is -0.801. The molecule has 6 nitrogen and oxygen atoms in total. The van der Waals surface area contributed by atoms with Gasteiger partial charge in [-0.05, 0) is 96.3 Å². The number of ether oxygens (including phenoxy) is 3. The summed E-state index contributed by atoms with van der Waals surface area (Å²) in [5.41, 5.74) is 0. The molecule has 0 heterocycles. The van der Waals surface area contributed by atoms with Crippen LogP contribution in [0.2, 0.25) is 0 Å². The van der Waals surface area contributed by atoms with Gasteiger partial charge in [-0.3, -0.25) is 14.4 Å². The lowest BCUT2D eigenvalue weighted by Gasteiger charge is -2.18. The number of allylic oxidation sites excluding steroid dienone is 12. The standard InChI is InChI=1S/C54H92O6/c1-4-7-10-13-16-19-22-24-26-27-29-30-32-35-38-41-44-47-53(56)59-50-51(49-58-52(55)46-43-40-37-34-21-18-15-12-9-6-3)60-54(57)48-45-42-39-36-33-31-28-25-23-20-17-14-11-8-5-2/h16-17,19-20,24-26,28-30,33,36,51H,4-15,18,21-23,27,31-32,34-35,37-50H2,1-3H3/b19-16-,20-17-,26-24-,28-25-,30-29-,36-33-/t51-/m1/s1. The van der Waals surface area contributed by atoms with E-state index in [0.29, 0.717) is 19.3 Å². The number of hydrogen-bond acceptors (Lipinski definition) is 6. The molecular formula is C54H92O6. The monoisotopic (exact) mass is 837 g/mol. The summed E-state index contributed by atoms with van der Waals surface area (Å²) in [6.45, 7) is 6.51. The van der Waals surface area contributed by atoms with Crippen LogP contribution in [-0.2, 0) is 28.6 Å². The van der Waals surface area contributed by atoms with Gasteiger partial charge in [-0.2, -0.15) is 0 Å². The van der Waals surface area contributed by atoms with Crippen LogP contribution in [0.4, 0.5) is 0 Å². The maximum atomic E-state index is 12.7. The Kier molecular flexibility index (Phi) is 46.0. The van der Waals surface area contributed by atoms with Crippen molar-refractivity contribution < 1.29 is 28.6 Å². The molecule has 0 saturated carbocycles. The van der Waals surface area contributed by atoms with Crippen molar-refractivity contribution in [3.05, 3.63) is 72.9 Å². The molecule has 0 aromatic rings. The van der Waals surface area contributed by atoms with E-state index in [1.807, 2.05) is 0 Å². The summed E-state index contributed by atoms with van der Waals surface area (Å²) in [5.74, 6) is -0.961. The zero-order valence-electron chi connectivity index (χ0n) is 39.2. The molecule has 0 amide bonds. The average molecular weight is 837 g/mol. The van der Waals surface area contributed by atoms with Gasteiger partial charge in [0.25, 0.3) is 0 Å². The van der Waals surface area contributed by atoms with Gasteiger partial charge in [0.1, 0.15) is 13.2 Å². The lowest BCUT2D eigenvalue weighted by atomic mass is 10.1. The first-order chi connectivity index (χ1) is 29.5. The molecule has 0 aromatic carbocycles. The van der Waals surface area contributed by atoms with Gasteiger partial charge in [0.05, 0.1) is 0 Å². The third-order valence-electron chi connectivity index (χ3n) is 10.4. The predicted molar refractivity (Wildman–Crippen MR) is 256 cm³/mol. The van der Waals surface area contributed by atoms with E-state index in [2.05, 4.69) is 93.7 Å². The van der Waals surface area contributed by atoms with E-state index < -0.39 is 6.10 Å². The van der Waals surface area contributed by atoms with Gasteiger partial charge in [0.2, 0.25) is 0 Å². The van der Waals surface area contributed by atoms with Gasteiger partial charge in [0.15, 0.2) is 6.10 Å². The van der Waals surface area contributed by atoms with Crippen LogP contribution in [0.1, 0.15) is 233 Å². The molecule has 60 heavy (non-hydrogen) atoms. The molecule has 0 aliphatic carbocycles. The number of hydrogen-bond donors (Lipinski definition) is 0. The van der Waals surface area contributed by atoms with E-state index in [-0.39, 0.29) is 37.5 Å². The highest BCUT2D eigenvalue weighted by Gasteiger charge is 2.19. The van der Waals surface area contributed by atoms with Crippen LogP contribution in [0.3, 0.4) is 0 Å². The molecular weight excluding hydrogens is 745 g/mol. The Morgan fingerprint density at radius 2 is 0.600 bits per heavy atom. The highest BCUT2D eigenvalue weighted by Crippen LogP contribution is 2.13. The Morgan fingerprint density at radius 1 is 0.333 bits per heavy atom. The molecule has 0 aliphatic heterocycles. The molecule has 0 spiro atoms. The fourth-order valence-electron chi connectivity index (χ4n) is 6.63. The second-order valence-electron chi connectivity index (χ2n) is 16.4. The van der Waals surface area contributed by atoms with E-state index in [1.54, 1.807) is 0 Å². The molecule has 0 fully saturated rings. The van der Waals surface area contributed by atoms with Gasteiger partial charge in [-0.25, -0.2) is 0 Å². The smallest absolute Gasteiger partial charge is 0.306 e. The third kappa shape index (κ3) is 45.9. The number of carbonyl (C=O) groups is 3. The molecule has 0 unspecified atom stereocenters. The molecule has 6 heteroatoms. The van der Waals surface area contributed by atoms with Crippen LogP contribution in [-0.4, -0.2) is 37.2 Å². The molecule has 0 N–H and O–H groups in total. The SMILES string of the molecule is CCCCC/C=C\C/C=C\C/C=C\CCCCCCC(=O)OC[C@@H](COC(=O)CCCCCCCCCCCC)OC(=O)CCCC/C=C\C/C=C\C/C=C\CCCCC. The predicted octanol–water partition coefficient (Wildman–Crippen LogP) is 16.3. The van der Waals surface area contributed by atoms with Crippen molar-refractivity contribution in [1.29, 1.82) is 0 Å². The number of carbonyl (C=O) groups excluding carboxylic acids is 3. The second kappa shape index (κ2) is 48.5. The molecule has 0 radical (unpaired) electrons. The third-order valence-corrected chi connectivity index (χ3v) is 10.4. The summed E-state index contributed by atoms with van der Waals surface area (Å²) in [6.07, 6.45) is 60.2. The highest BCUT2D eigenvalue weighted by molar-refractivity contribution is 5.71. The van der Waals surface area contributed by atoms with Crippen LogP contribution in [0.25, 0.3) is 0 Å². The van der Waals surface area contributed by atoms with Gasteiger partial charge < -0.3 is 14.2 Å². The molecule has 0 saturated heterocycles. The summed E-state index contributed by atoms with van der Waals surface area (Å²) in [5, 5.41) is 0. The first-order valence-corrected chi connectivity index (χ1v) is 24.9. The van der Waals surface area contributed by atoms with E-state index in [0.717, 1.165) is 89.9 Å². The number of unbranched alkanes of at least 4 members (excludes halogenated alkanes) is 21. The molecule has 0 aliphatic rings. The van der Waals surface area contributed by atoms with Crippen LogP contribution < -0.4 is 0 Å². The van der Waals surface area contributed by atoms with Crippen LogP contribution >= 0.6 is 0 Å². The summed E-state index contributed by atoms with van der Waals surface area (Å²) in [4.78, 5) is 37.8. The van der Waals surface area contributed by atoms with Gasteiger partial charge >= 0.3 is 17.9 Å².